The topological polar surface area (TPSA) is 19.7 Å². The Hall–Kier alpha value is -11.7. The summed E-state index contributed by atoms with van der Waals surface area (Å²) in [5.74, 6) is 0. The van der Waals surface area contributed by atoms with Crippen LogP contribution in [-0.2, 0) is 10.8 Å². The fourth-order valence-corrected chi connectivity index (χ4v) is 17.3. The van der Waals surface area contributed by atoms with Gasteiger partial charge in [0, 0.05) is 71.0 Å². The van der Waals surface area contributed by atoms with Crippen LogP contribution < -0.4 is 0 Å². The van der Waals surface area contributed by atoms with Crippen molar-refractivity contribution in [3.05, 3.63) is 326 Å². The van der Waals surface area contributed by atoms with E-state index >= 15 is 0 Å². The van der Waals surface area contributed by atoms with Gasteiger partial charge in [-0.25, -0.2) is 0 Å². The van der Waals surface area contributed by atoms with Crippen molar-refractivity contribution in [1.82, 2.24) is 18.3 Å². The number of benzene rings is 14. The van der Waals surface area contributed by atoms with Crippen molar-refractivity contribution in [3.63, 3.8) is 0 Å². The van der Waals surface area contributed by atoms with E-state index in [-0.39, 0.29) is 10.8 Å². The highest BCUT2D eigenvalue weighted by Gasteiger charge is 2.39. The van der Waals surface area contributed by atoms with Gasteiger partial charge in [-0.1, -0.05) is 240 Å². The second-order valence-corrected chi connectivity index (χ2v) is 27.1. The minimum atomic E-state index is -0.171. The Labute approximate surface area is 544 Å². The summed E-state index contributed by atoms with van der Waals surface area (Å²) in [6.45, 7) is 9.50. The van der Waals surface area contributed by atoms with Crippen molar-refractivity contribution in [2.24, 2.45) is 0 Å². The van der Waals surface area contributed by atoms with Crippen molar-refractivity contribution < 1.29 is 0 Å². The summed E-state index contributed by atoms with van der Waals surface area (Å²) < 4.78 is 10.0. The first-order valence-corrected chi connectivity index (χ1v) is 33.0. The molecule has 0 N–H and O–H groups in total. The lowest BCUT2D eigenvalue weighted by Crippen LogP contribution is -2.17. The highest BCUT2D eigenvalue weighted by molar-refractivity contribution is 6.30. The van der Waals surface area contributed by atoms with E-state index < -0.39 is 0 Å². The zero-order valence-corrected chi connectivity index (χ0v) is 52.7. The highest BCUT2D eigenvalue weighted by Crippen LogP contribution is 2.54. The molecule has 0 fully saturated rings. The van der Waals surface area contributed by atoms with Gasteiger partial charge >= 0.3 is 0 Å². The molecule has 4 heterocycles. The predicted octanol–water partition coefficient (Wildman–Crippen LogP) is 23.7. The largest absolute Gasteiger partial charge is 0.309 e. The molecule has 2 aliphatic carbocycles. The molecular weight excluding hydrogens is 1140 g/mol. The maximum absolute atomic E-state index is 2.54. The van der Waals surface area contributed by atoms with Gasteiger partial charge < -0.3 is 18.3 Å². The molecule has 20 rings (SSSR count). The number of hydrogen-bond acceptors (Lipinski definition) is 0. The Balaban J connectivity index is 0.716. The maximum atomic E-state index is 2.54. The lowest BCUT2D eigenvalue weighted by Gasteiger charge is -2.25. The molecule has 0 spiro atoms. The Kier molecular flexibility index (Phi) is 10.9. The molecule has 4 aromatic heterocycles. The van der Waals surface area contributed by atoms with Crippen LogP contribution in [0.25, 0.3) is 166 Å². The molecule has 18 aromatic rings. The summed E-state index contributed by atoms with van der Waals surface area (Å²) in [6, 6.07) is 114. The van der Waals surface area contributed by atoms with Crippen LogP contribution in [0.1, 0.15) is 49.9 Å². The third-order valence-corrected chi connectivity index (χ3v) is 21.5. The molecule has 0 aliphatic heterocycles. The second-order valence-electron chi connectivity index (χ2n) is 27.1. The summed E-state index contributed by atoms with van der Waals surface area (Å²) in [5, 5.41) is 10.0. The smallest absolute Gasteiger partial charge is 0.0549 e. The summed E-state index contributed by atoms with van der Waals surface area (Å²) >= 11 is 0. The lowest BCUT2D eigenvalue weighted by molar-refractivity contribution is 0.656. The number of fused-ring (bicyclic) bond motifs is 20. The van der Waals surface area contributed by atoms with Gasteiger partial charge in [-0.15, -0.1) is 0 Å². The average molecular weight is 1200 g/mol. The quantitative estimate of drug-likeness (QED) is 0.152. The van der Waals surface area contributed by atoms with E-state index in [9.17, 15) is 0 Å². The number of para-hydroxylation sites is 3. The molecule has 0 amide bonds. The molecule has 4 heteroatoms. The van der Waals surface area contributed by atoms with Crippen molar-refractivity contribution >= 4 is 87.2 Å². The zero-order chi connectivity index (χ0) is 62.3. The average Bonchev–Trinajstić information content (AvgIpc) is 1.48. The zero-order valence-electron chi connectivity index (χ0n) is 52.7. The van der Waals surface area contributed by atoms with Crippen LogP contribution in [0.4, 0.5) is 0 Å². The van der Waals surface area contributed by atoms with Gasteiger partial charge in [0.05, 0.1) is 49.8 Å². The van der Waals surface area contributed by atoms with Crippen LogP contribution in [0.15, 0.2) is 303 Å². The van der Waals surface area contributed by atoms with Gasteiger partial charge in [0.2, 0.25) is 0 Å². The molecule has 0 saturated heterocycles. The molecule has 0 saturated carbocycles. The van der Waals surface area contributed by atoms with Crippen LogP contribution >= 0.6 is 0 Å². The van der Waals surface area contributed by atoms with E-state index in [1.165, 1.54) is 176 Å². The van der Waals surface area contributed by atoms with Crippen LogP contribution in [-0.4, -0.2) is 18.3 Å². The minimum Gasteiger partial charge on any atom is -0.309 e. The van der Waals surface area contributed by atoms with Gasteiger partial charge in [0.1, 0.15) is 0 Å². The number of nitrogens with zero attached hydrogens (tertiary/aromatic N) is 4. The first kappa shape index (κ1) is 53.0. The molecule has 4 nitrogen and oxygen atoms in total. The number of hydrogen-bond donors (Lipinski definition) is 0. The van der Waals surface area contributed by atoms with Crippen molar-refractivity contribution in [1.29, 1.82) is 0 Å². The Morgan fingerprint density at radius 1 is 0.213 bits per heavy atom. The van der Waals surface area contributed by atoms with E-state index in [1.54, 1.807) is 0 Å². The van der Waals surface area contributed by atoms with Crippen LogP contribution in [0.3, 0.4) is 0 Å². The monoisotopic (exact) mass is 1200 g/mol. The van der Waals surface area contributed by atoms with Crippen LogP contribution in [0, 0.1) is 0 Å². The number of aromatic nitrogens is 4. The van der Waals surface area contributed by atoms with Crippen molar-refractivity contribution in [3.8, 4) is 78.4 Å². The molecule has 0 bridgehead atoms. The normalized spacial score (nSPS) is 13.7. The van der Waals surface area contributed by atoms with E-state index in [0.717, 1.165) is 11.4 Å². The molecule has 0 atom stereocenters. The van der Waals surface area contributed by atoms with Crippen LogP contribution in [0.5, 0.6) is 0 Å². The maximum Gasteiger partial charge on any atom is 0.0549 e. The lowest BCUT2D eigenvalue weighted by atomic mass is 9.81. The standard InChI is InChI=1S/C90H62N4/c1-89(2)72-33-13-9-28-65(72)71-54-63(44-46-74(71)89)92-76-36-16-11-30-68(76)85-79(92)47-48-80-87(85)70-45-43-60(53-83(70)93(80)62-26-18-23-58(51-62)55-21-6-5-7-22-55)57-41-39-56(40-42-57)59-24-19-25-61(52-59)91-75-35-15-10-29-67(75)84-78(91)49-50-81-86(84)69-31-12-17-37-77(69)94(81)82-38-20-32-66-64-27-8-14-34-73(64)90(3,4)88(66)82/h5-54H,1-4H3. The molecule has 0 unspecified atom stereocenters. The van der Waals surface area contributed by atoms with Gasteiger partial charge in [-0.05, 0) is 169 Å². The predicted molar refractivity (Wildman–Crippen MR) is 395 cm³/mol. The van der Waals surface area contributed by atoms with Gasteiger partial charge in [0.15, 0.2) is 0 Å². The first-order valence-electron chi connectivity index (χ1n) is 33.0. The third kappa shape index (κ3) is 7.28. The minimum absolute atomic E-state index is 0.0717. The highest BCUT2D eigenvalue weighted by atomic mass is 15.0. The molecule has 0 radical (unpaired) electrons. The molecule has 14 aromatic carbocycles. The Morgan fingerprint density at radius 2 is 0.596 bits per heavy atom. The van der Waals surface area contributed by atoms with Crippen molar-refractivity contribution in [2.75, 3.05) is 0 Å². The summed E-state index contributed by atoms with van der Waals surface area (Å²) in [6.07, 6.45) is 0. The number of rotatable bonds is 7. The second kappa shape index (κ2) is 19.4. The van der Waals surface area contributed by atoms with E-state index in [2.05, 4.69) is 349 Å². The SMILES string of the molecule is CC1(C)c2ccccc2-c2cc(-n3c4ccccc4c4c5c6ccc(-c7ccc(-c8cccc(-n9c%10ccccc%10c%10c%11c%12ccccc%12n(-c%12cccc%13c%12C(C)(C)c%12ccccc%12-%13)c%11ccc%109)c8)cc7)cc6n(-c6cccc(-c7ccccc7)c6)c5ccc43)ccc21. The van der Waals surface area contributed by atoms with Crippen LogP contribution in [0.2, 0.25) is 0 Å². The summed E-state index contributed by atoms with van der Waals surface area (Å²) in [5.41, 5.74) is 31.8. The summed E-state index contributed by atoms with van der Waals surface area (Å²) in [4.78, 5) is 0. The van der Waals surface area contributed by atoms with Crippen molar-refractivity contribution in [2.45, 2.75) is 38.5 Å². The first-order chi connectivity index (χ1) is 46.2. The third-order valence-electron chi connectivity index (χ3n) is 21.5. The van der Waals surface area contributed by atoms with Gasteiger partial charge in [-0.3, -0.25) is 0 Å². The molecule has 94 heavy (non-hydrogen) atoms. The fourth-order valence-electron chi connectivity index (χ4n) is 17.3. The Morgan fingerprint density at radius 3 is 1.17 bits per heavy atom. The fraction of sp³-hybridized carbons (Fsp3) is 0.0667. The summed E-state index contributed by atoms with van der Waals surface area (Å²) in [7, 11) is 0. The molecule has 2 aliphatic rings. The van der Waals surface area contributed by atoms with E-state index in [0.29, 0.717) is 0 Å². The van der Waals surface area contributed by atoms with Gasteiger partial charge in [0.25, 0.3) is 0 Å². The van der Waals surface area contributed by atoms with E-state index in [1.807, 2.05) is 0 Å². The molecule has 442 valence electrons. The Bertz CT molecular complexity index is 6270. The van der Waals surface area contributed by atoms with E-state index in [4.69, 9.17) is 0 Å². The molecular formula is C90H62N4. The van der Waals surface area contributed by atoms with Gasteiger partial charge in [-0.2, -0.15) is 0 Å².